The van der Waals surface area contributed by atoms with Gasteiger partial charge in [0.15, 0.2) is 0 Å². The predicted molar refractivity (Wildman–Crippen MR) is 76.9 cm³/mol. The minimum absolute atomic E-state index is 0.229. The first-order valence-electron chi connectivity index (χ1n) is 5.77. The summed E-state index contributed by atoms with van der Waals surface area (Å²) in [5.74, 6) is -1.00. The van der Waals surface area contributed by atoms with Crippen LogP contribution in [0.2, 0.25) is 0 Å². The van der Waals surface area contributed by atoms with Gasteiger partial charge in [-0.2, -0.15) is 0 Å². The van der Waals surface area contributed by atoms with E-state index in [0.717, 1.165) is 4.47 Å². The fourth-order valence-electron chi connectivity index (χ4n) is 1.89. The highest BCUT2D eigenvalue weighted by atomic mass is 79.9. The summed E-state index contributed by atoms with van der Waals surface area (Å²) >= 11 is 3.38. The van der Waals surface area contributed by atoms with E-state index in [1.807, 2.05) is 6.07 Å². The number of rotatable bonds is 2. The largest absolute Gasteiger partial charge is 0.335 e. The minimum Gasteiger partial charge on any atom is -0.335 e. The maximum Gasteiger partial charge on any atom is 0.149 e. The third kappa shape index (κ3) is 2.22. The Morgan fingerprint density at radius 2 is 1.65 bits per heavy atom. The van der Waals surface area contributed by atoms with Crippen LogP contribution in [-0.2, 0) is 0 Å². The molecule has 0 bridgehead atoms. The first kappa shape index (κ1) is 12.9. The van der Waals surface area contributed by atoms with Crippen LogP contribution in [0, 0.1) is 11.6 Å². The van der Waals surface area contributed by atoms with Crippen molar-refractivity contribution in [1.82, 2.24) is 9.97 Å². The van der Waals surface area contributed by atoms with E-state index in [9.17, 15) is 8.78 Å². The molecule has 0 aliphatic heterocycles. The van der Waals surface area contributed by atoms with E-state index in [1.165, 1.54) is 24.5 Å². The summed E-state index contributed by atoms with van der Waals surface area (Å²) in [6, 6.07) is 9.10. The lowest BCUT2D eigenvalue weighted by Crippen LogP contribution is -2.00. The zero-order valence-corrected chi connectivity index (χ0v) is 11.7. The van der Waals surface area contributed by atoms with Gasteiger partial charge in [-0.05, 0) is 40.2 Å². The molecule has 1 aromatic heterocycles. The molecule has 6 heteroatoms. The smallest absolute Gasteiger partial charge is 0.149 e. The number of benzene rings is 2. The molecule has 0 saturated carbocycles. The van der Waals surface area contributed by atoms with Crippen LogP contribution in [0.1, 0.15) is 0 Å². The normalized spacial score (nSPS) is 10.8. The molecule has 0 radical (unpaired) electrons. The van der Waals surface area contributed by atoms with Gasteiger partial charge in [0.1, 0.15) is 29.5 Å². The molecule has 20 heavy (non-hydrogen) atoms. The van der Waals surface area contributed by atoms with Crippen molar-refractivity contribution >= 4 is 38.3 Å². The number of para-hydroxylation sites is 2. The van der Waals surface area contributed by atoms with E-state index >= 15 is 0 Å². The Labute approximate surface area is 121 Å². The third-order valence-electron chi connectivity index (χ3n) is 2.82. The quantitative estimate of drug-likeness (QED) is 0.753. The molecule has 0 atom stereocenters. The number of hydrogen-bond donors (Lipinski definition) is 1. The summed E-state index contributed by atoms with van der Waals surface area (Å²) in [5, 5.41) is 3.36. The molecular weight excluding hydrogens is 328 g/mol. The van der Waals surface area contributed by atoms with Gasteiger partial charge in [0.2, 0.25) is 0 Å². The second-order valence-corrected chi connectivity index (χ2v) is 4.93. The predicted octanol–water partition coefficient (Wildman–Crippen LogP) is 4.41. The Balaban J connectivity index is 2.14. The van der Waals surface area contributed by atoms with Gasteiger partial charge in [-0.25, -0.2) is 18.7 Å². The van der Waals surface area contributed by atoms with Gasteiger partial charge in [0, 0.05) is 9.86 Å². The monoisotopic (exact) mass is 335 g/mol. The average molecular weight is 336 g/mol. The highest BCUT2D eigenvalue weighted by Crippen LogP contribution is 2.29. The van der Waals surface area contributed by atoms with E-state index in [1.54, 1.807) is 12.1 Å². The second kappa shape index (κ2) is 5.13. The molecule has 100 valence electrons. The molecule has 0 unspecified atom stereocenters. The van der Waals surface area contributed by atoms with E-state index in [0.29, 0.717) is 16.7 Å². The topological polar surface area (TPSA) is 37.8 Å². The number of nitrogens with zero attached hydrogens (tertiary/aromatic N) is 2. The molecule has 3 nitrogen and oxygen atoms in total. The second-order valence-electron chi connectivity index (χ2n) is 4.08. The minimum atomic E-state index is -0.674. The number of halogens is 3. The lowest BCUT2D eigenvalue weighted by molar-refractivity contribution is 0.590. The Kier molecular flexibility index (Phi) is 3.31. The van der Waals surface area contributed by atoms with Crippen molar-refractivity contribution in [3.05, 3.63) is 58.8 Å². The van der Waals surface area contributed by atoms with E-state index < -0.39 is 11.6 Å². The summed E-state index contributed by atoms with van der Waals surface area (Å²) in [7, 11) is 0. The summed E-state index contributed by atoms with van der Waals surface area (Å²) in [4.78, 5) is 8.19. The summed E-state index contributed by atoms with van der Waals surface area (Å²) in [6.45, 7) is 0. The Morgan fingerprint density at radius 3 is 2.40 bits per heavy atom. The summed E-state index contributed by atoms with van der Waals surface area (Å²) in [5.41, 5.74) is 0.439. The molecule has 0 aliphatic carbocycles. The molecule has 1 heterocycles. The van der Waals surface area contributed by atoms with Crippen LogP contribution in [0.4, 0.5) is 20.3 Å². The van der Waals surface area contributed by atoms with Crippen molar-refractivity contribution in [2.45, 2.75) is 0 Å². The third-order valence-corrected chi connectivity index (χ3v) is 3.46. The van der Waals surface area contributed by atoms with Crippen LogP contribution in [0.15, 0.2) is 47.2 Å². The van der Waals surface area contributed by atoms with Crippen molar-refractivity contribution in [2.75, 3.05) is 5.32 Å². The maximum absolute atomic E-state index is 13.7. The Morgan fingerprint density at radius 1 is 0.950 bits per heavy atom. The summed E-state index contributed by atoms with van der Waals surface area (Å²) in [6.07, 6.45) is 1.34. The van der Waals surface area contributed by atoms with E-state index in [4.69, 9.17) is 0 Å². The number of nitrogens with one attached hydrogen (secondary N) is 1. The molecule has 3 rings (SSSR count). The number of fused-ring (bicyclic) bond motifs is 1. The molecule has 0 fully saturated rings. The molecule has 2 aromatic carbocycles. The maximum atomic E-state index is 13.7. The van der Waals surface area contributed by atoms with Crippen LogP contribution < -0.4 is 5.32 Å². The fourth-order valence-corrected chi connectivity index (χ4v) is 2.36. The fraction of sp³-hybridized carbons (Fsp3) is 0. The number of anilines is 2. The first-order chi connectivity index (χ1) is 9.66. The highest BCUT2D eigenvalue weighted by molar-refractivity contribution is 9.10. The van der Waals surface area contributed by atoms with Crippen molar-refractivity contribution in [2.24, 2.45) is 0 Å². The Bertz CT molecular complexity index is 772. The molecule has 0 saturated heterocycles. The molecule has 0 amide bonds. The van der Waals surface area contributed by atoms with Crippen molar-refractivity contribution in [3.63, 3.8) is 0 Å². The first-order valence-corrected chi connectivity index (χ1v) is 6.56. The van der Waals surface area contributed by atoms with E-state index in [2.05, 4.69) is 31.2 Å². The molecule has 0 spiro atoms. The highest BCUT2D eigenvalue weighted by Gasteiger charge is 2.12. The van der Waals surface area contributed by atoms with Gasteiger partial charge in [0.25, 0.3) is 0 Å². The van der Waals surface area contributed by atoms with Crippen molar-refractivity contribution < 1.29 is 8.78 Å². The van der Waals surface area contributed by atoms with Gasteiger partial charge >= 0.3 is 0 Å². The number of hydrogen-bond acceptors (Lipinski definition) is 3. The molecule has 3 aromatic rings. The average Bonchev–Trinajstić information content (AvgIpc) is 2.44. The van der Waals surface area contributed by atoms with Crippen LogP contribution in [0.5, 0.6) is 0 Å². The van der Waals surface area contributed by atoms with Gasteiger partial charge < -0.3 is 5.32 Å². The molecular formula is C14H8BrF2N3. The van der Waals surface area contributed by atoms with Gasteiger partial charge in [-0.1, -0.05) is 12.1 Å². The van der Waals surface area contributed by atoms with Crippen LogP contribution in [0.25, 0.3) is 10.9 Å². The van der Waals surface area contributed by atoms with Gasteiger partial charge in [-0.3, -0.25) is 0 Å². The van der Waals surface area contributed by atoms with Crippen LogP contribution in [0.3, 0.4) is 0 Å². The van der Waals surface area contributed by atoms with Crippen molar-refractivity contribution in [1.29, 1.82) is 0 Å². The van der Waals surface area contributed by atoms with Gasteiger partial charge in [-0.15, -0.1) is 0 Å². The molecule has 0 aliphatic rings. The standard InChI is InChI=1S/C14H8BrF2N3/c15-9-4-1-3-8-12(9)18-7-19-14(8)20-13-10(16)5-2-6-11(13)17/h1-7H,(H,18,19,20). The van der Waals surface area contributed by atoms with Crippen molar-refractivity contribution in [3.8, 4) is 0 Å². The summed E-state index contributed by atoms with van der Waals surface area (Å²) < 4.78 is 28.1. The van der Waals surface area contributed by atoms with Gasteiger partial charge in [0.05, 0.1) is 5.52 Å². The lowest BCUT2D eigenvalue weighted by Gasteiger charge is -2.10. The van der Waals surface area contributed by atoms with Crippen LogP contribution in [-0.4, -0.2) is 9.97 Å². The Hall–Kier alpha value is -2.08. The van der Waals surface area contributed by atoms with E-state index in [-0.39, 0.29) is 5.69 Å². The SMILES string of the molecule is Fc1cccc(F)c1Nc1ncnc2c(Br)cccc12. The number of aromatic nitrogens is 2. The zero-order valence-electron chi connectivity index (χ0n) is 10.1. The lowest BCUT2D eigenvalue weighted by atomic mass is 10.2. The molecule has 1 N–H and O–H groups in total. The van der Waals surface area contributed by atoms with Crippen LogP contribution >= 0.6 is 15.9 Å². The zero-order chi connectivity index (χ0) is 14.1.